The number of ether oxygens (including phenoxy) is 2. The van der Waals surface area contributed by atoms with Gasteiger partial charge in [0, 0.05) is 23.9 Å². The molecule has 1 aliphatic heterocycles. The molecule has 0 amide bonds. The van der Waals surface area contributed by atoms with E-state index in [0.29, 0.717) is 17.2 Å². The fourth-order valence-corrected chi connectivity index (χ4v) is 3.02. The van der Waals surface area contributed by atoms with Gasteiger partial charge in [0.2, 0.25) is 6.29 Å². The largest absolute Gasteiger partial charge is 0.462 e. The molecule has 5 atom stereocenters. The van der Waals surface area contributed by atoms with E-state index in [2.05, 4.69) is 10.4 Å². The van der Waals surface area contributed by atoms with Gasteiger partial charge in [0.1, 0.15) is 23.7 Å². The summed E-state index contributed by atoms with van der Waals surface area (Å²) in [7, 11) is 0. The lowest BCUT2D eigenvalue weighted by molar-refractivity contribution is -0.195. The van der Waals surface area contributed by atoms with Crippen molar-refractivity contribution in [3.63, 3.8) is 0 Å². The first-order chi connectivity index (χ1) is 13.0. The monoisotopic (exact) mass is 376 g/mol. The fraction of sp³-hybridized carbons (Fsp3) is 0.412. The molecule has 1 aromatic heterocycles. The number of hydrogen-bond donors (Lipinski definition) is 1. The summed E-state index contributed by atoms with van der Waals surface area (Å²) >= 11 is 0. The predicted octanol–water partition coefficient (Wildman–Crippen LogP) is 1.29. The molecule has 3 rings (SSSR count). The quantitative estimate of drug-likeness (QED) is 0.451. The smallest absolute Gasteiger partial charge is 0.336 e. The van der Waals surface area contributed by atoms with E-state index in [-0.39, 0.29) is 17.8 Å². The second kappa shape index (κ2) is 7.72. The number of aliphatic hydroxyl groups excluding tert-OH is 1. The van der Waals surface area contributed by atoms with Gasteiger partial charge in [-0.3, -0.25) is 0 Å². The number of benzene rings is 1. The minimum absolute atomic E-state index is 0.0489. The molecule has 5 unspecified atom stereocenters. The lowest BCUT2D eigenvalue weighted by Crippen LogP contribution is -2.56. The first kappa shape index (κ1) is 18.8. The van der Waals surface area contributed by atoms with E-state index in [1.807, 2.05) is 0 Å². The predicted molar refractivity (Wildman–Crippen MR) is 92.4 cm³/mol. The summed E-state index contributed by atoms with van der Waals surface area (Å²) in [6.45, 7) is 1.51. The van der Waals surface area contributed by atoms with Crippen LogP contribution in [-0.2, 0) is 16.0 Å². The maximum Gasteiger partial charge on any atom is 0.336 e. The topological polar surface area (TPSA) is 145 Å². The average molecular weight is 376 g/mol. The first-order valence-electron chi connectivity index (χ1n) is 8.14. The summed E-state index contributed by atoms with van der Waals surface area (Å²) < 4.78 is 16.2. The SMILES string of the molecule is CC1OC(Oc2ccc3c(CC=O)cc(=O)oc3c2)C(N=O)C(N=O)C1O. The highest BCUT2D eigenvalue weighted by atomic mass is 16.7. The average Bonchev–Trinajstić information content (AvgIpc) is 2.64. The second-order valence-corrected chi connectivity index (χ2v) is 6.13. The van der Waals surface area contributed by atoms with Gasteiger partial charge in [0.15, 0.2) is 12.1 Å². The van der Waals surface area contributed by atoms with Crippen LogP contribution >= 0.6 is 0 Å². The Morgan fingerprint density at radius 1 is 1.22 bits per heavy atom. The Labute approximate surface area is 152 Å². The minimum Gasteiger partial charge on any atom is -0.462 e. The fourth-order valence-electron chi connectivity index (χ4n) is 3.02. The highest BCUT2D eigenvalue weighted by Crippen LogP contribution is 2.29. The Morgan fingerprint density at radius 3 is 2.63 bits per heavy atom. The molecule has 1 aliphatic rings. The van der Waals surface area contributed by atoms with Crippen LogP contribution in [0, 0.1) is 9.81 Å². The summed E-state index contributed by atoms with van der Waals surface area (Å²) in [6.07, 6.45) is -2.63. The van der Waals surface area contributed by atoms with Crippen molar-refractivity contribution in [1.29, 1.82) is 0 Å². The number of aliphatic hydroxyl groups is 1. The third-order valence-electron chi connectivity index (χ3n) is 4.41. The molecule has 10 heteroatoms. The molecular weight excluding hydrogens is 360 g/mol. The van der Waals surface area contributed by atoms with E-state index < -0.39 is 36.2 Å². The van der Waals surface area contributed by atoms with E-state index in [1.165, 1.54) is 25.1 Å². The summed E-state index contributed by atoms with van der Waals surface area (Å²) in [5.41, 5.74) is 0.0624. The summed E-state index contributed by atoms with van der Waals surface area (Å²) in [6, 6.07) is 3.09. The Balaban J connectivity index is 1.93. The molecule has 27 heavy (non-hydrogen) atoms. The van der Waals surface area contributed by atoms with Crippen molar-refractivity contribution in [3.8, 4) is 5.75 Å². The molecule has 0 radical (unpaired) electrons. The van der Waals surface area contributed by atoms with E-state index in [9.17, 15) is 24.5 Å². The molecular formula is C17H16N2O8. The maximum absolute atomic E-state index is 11.7. The number of nitrogens with zero attached hydrogens (tertiary/aromatic N) is 2. The zero-order chi connectivity index (χ0) is 19.6. The van der Waals surface area contributed by atoms with Gasteiger partial charge < -0.3 is 23.8 Å². The molecule has 1 saturated heterocycles. The summed E-state index contributed by atoms with van der Waals surface area (Å²) in [4.78, 5) is 44.6. The van der Waals surface area contributed by atoms with Gasteiger partial charge in [-0.2, -0.15) is 9.81 Å². The highest BCUT2D eigenvalue weighted by molar-refractivity contribution is 5.83. The highest BCUT2D eigenvalue weighted by Gasteiger charge is 2.47. The lowest BCUT2D eigenvalue weighted by atomic mass is 9.96. The van der Waals surface area contributed by atoms with Crippen molar-refractivity contribution in [1.82, 2.24) is 0 Å². The Bertz CT molecular complexity index is 927. The van der Waals surface area contributed by atoms with Gasteiger partial charge >= 0.3 is 5.63 Å². The molecule has 1 fully saturated rings. The third-order valence-corrected chi connectivity index (χ3v) is 4.41. The number of fused-ring (bicyclic) bond motifs is 1. The van der Waals surface area contributed by atoms with Crippen LogP contribution < -0.4 is 10.4 Å². The lowest BCUT2D eigenvalue weighted by Gasteiger charge is -2.37. The molecule has 0 saturated carbocycles. The molecule has 142 valence electrons. The first-order valence-corrected chi connectivity index (χ1v) is 8.14. The normalized spacial score (nSPS) is 27.9. The van der Waals surface area contributed by atoms with Crippen LogP contribution in [0.25, 0.3) is 11.0 Å². The molecule has 1 aromatic carbocycles. The Morgan fingerprint density at radius 2 is 1.96 bits per heavy atom. The number of carbonyl (C=O) groups is 1. The van der Waals surface area contributed by atoms with Crippen LogP contribution in [0.1, 0.15) is 12.5 Å². The van der Waals surface area contributed by atoms with Crippen LogP contribution in [0.4, 0.5) is 0 Å². The number of aldehydes is 1. The maximum atomic E-state index is 11.7. The van der Waals surface area contributed by atoms with Crippen LogP contribution in [0.5, 0.6) is 5.75 Å². The Hall–Kier alpha value is -2.98. The molecule has 0 bridgehead atoms. The number of rotatable bonds is 6. The van der Waals surface area contributed by atoms with Gasteiger partial charge in [-0.05, 0) is 24.6 Å². The van der Waals surface area contributed by atoms with Crippen molar-refractivity contribution in [2.75, 3.05) is 0 Å². The van der Waals surface area contributed by atoms with Crippen LogP contribution in [0.3, 0.4) is 0 Å². The third kappa shape index (κ3) is 3.62. The van der Waals surface area contributed by atoms with Gasteiger partial charge in [-0.1, -0.05) is 10.4 Å². The van der Waals surface area contributed by atoms with Crippen molar-refractivity contribution >= 4 is 17.3 Å². The molecule has 0 aliphatic carbocycles. The number of hydrogen-bond acceptors (Lipinski definition) is 10. The zero-order valence-electron chi connectivity index (χ0n) is 14.2. The van der Waals surface area contributed by atoms with Crippen LogP contribution in [0.15, 0.2) is 43.8 Å². The zero-order valence-corrected chi connectivity index (χ0v) is 14.2. The summed E-state index contributed by atoms with van der Waals surface area (Å²) in [5.74, 6) is 0.181. The van der Waals surface area contributed by atoms with Crippen molar-refractivity contribution in [2.24, 2.45) is 10.4 Å². The van der Waals surface area contributed by atoms with Crippen LogP contribution in [0.2, 0.25) is 0 Å². The van der Waals surface area contributed by atoms with Gasteiger partial charge in [0.05, 0.1) is 6.10 Å². The van der Waals surface area contributed by atoms with E-state index in [1.54, 1.807) is 6.07 Å². The van der Waals surface area contributed by atoms with Gasteiger partial charge in [-0.15, -0.1) is 0 Å². The van der Waals surface area contributed by atoms with Crippen molar-refractivity contribution < 1.29 is 23.8 Å². The molecule has 0 spiro atoms. The number of carbonyl (C=O) groups excluding carboxylic acids is 1. The second-order valence-electron chi connectivity index (χ2n) is 6.13. The van der Waals surface area contributed by atoms with E-state index >= 15 is 0 Å². The summed E-state index contributed by atoms with van der Waals surface area (Å²) in [5, 5.41) is 16.1. The van der Waals surface area contributed by atoms with Crippen molar-refractivity contribution in [3.05, 3.63) is 50.1 Å². The molecule has 2 aromatic rings. The minimum atomic E-state index is -1.35. The van der Waals surface area contributed by atoms with Gasteiger partial charge in [-0.25, -0.2) is 4.79 Å². The van der Waals surface area contributed by atoms with E-state index in [4.69, 9.17) is 13.9 Å². The van der Waals surface area contributed by atoms with Crippen molar-refractivity contribution in [2.45, 2.75) is 43.9 Å². The van der Waals surface area contributed by atoms with Crippen LogP contribution in [-0.4, -0.2) is 42.0 Å². The Kier molecular flexibility index (Phi) is 5.38. The molecule has 1 N–H and O–H groups in total. The standard InChI is InChI=1S/C17H16N2O8/c1-8-16(22)14(18-23)15(19-24)17(25-8)26-10-2-3-11-9(4-5-20)6-13(21)27-12(11)7-10/h2-3,5-8,14-17,22H,4H2,1H3. The van der Waals surface area contributed by atoms with Gasteiger partial charge in [0.25, 0.3) is 0 Å². The molecule has 2 heterocycles. The molecule has 10 nitrogen and oxygen atoms in total. The van der Waals surface area contributed by atoms with E-state index in [0.717, 1.165) is 0 Å². The number of nitroso groups, excluding NO2 is 2.